The summed E-state index contributed by atoms with van der Waals surface area (Å²) in [5.41, 5.74) is 5.56. The molecule has 0 radical (unpaired) electrons. The van der Waals surface area contributed by atoms with Crippen LogP contribution in [0.5, 0.6) is 0 Å². The third-order valence-electron chi connectivity index (χ3n) is 2.96. The Morgan fingerprint density at radius 2 is 2.12 bits per heavy atom. The lowest BCUT2D eigenvalue weighted by Crippen LogP contribution is -2.39. The van der Waals surface area contributed by atoms with Gasteiger partial charge in [-0.05, 0) is 24.4 Å². The van der Waals surface area contributed by atoms with Crippen molar-refractivity contribution in [3.8, 4) is 0 Å². The molecule has 6 nitrogen and oxygen atoms in total. The SMILES string of the molecule is Nc1nc(Cl)nc(N2CCCCCC2CO)n1. The Bertz CT molecular complexity index is 369. The highest BCUT2D eigenvalue weighted by molar-refractivity contribution is 6.28. The minimum Gasteiger partial charge on any atom is -0.394 e. The van der Waals surface area contributed by atoms with Gasteiger partial charge in [0.1, 0.15) is 0 Å². The summed E-state index contributed by atoms with van der Waals surface area (Å²) < 4.78 is 0. The molecule has 2 heterocycles. The van der Waals surface area contributed by atoms with Gasteiger partial charge in [-0.2, -0.15) is 15.0 Å². The van der Waals surface area contributed by atoms with Gasteiger partial charge in [0.15, 0.2) is 0 Å². The van der Waals surface area contributed by atoms with Crippen molar-refractivity contribution in [2.75, 3.05) is 23.8 Å². The van der Waals surface area contributed by atoms with E-state index in [0.29, 0.717) is 5.95 Å². The topological polar surface area (TPSA) is 88.2 Å². The molecule has 94 valence electrons. The standard InChI is InChI=1S/C10H16ClN5O/c11-8-13-9(12)15-10(14-8)16-5-3-1-2-4-7(16)6-17/h7,17H,1-6H2,(H2,12,13,14,15). The Hall–Kier alpha value is -1.14. The van der Waals surface area contributed by atoms with E-state index in [-0.39, 0.29) is 23.9 Å². The molecule has 7 heteroatoms. The maximum atomic E-state index is 9.41. The van der Waals surface area contributed by atoms with Gasteiger partial charge in [0.25, 0.3) is 0 Å². The van der Waals surface area contributed by atoms with E-state index >= 15 is 0 Å². The number of nitrogens with zero attached hydrogens (tertiary/aromatic N) is 4. The van der Waals surface area contributed by atoms with Crippen molar-refractivity contribution in [1.29, 1.82) is 0 Å². The van der Waals surface area contributed by atoms with E-state index in [2.05, 4.69) is 15.0 Å². The summed E-state index contributed by atoms with van der Waals surface area (Å²) in [4.78, 5) is 13.9. The van der Waals surface area contributed by atoms with Crippen LogP contribution in [0.2, 0.25) is 5.28 Å². The van der Waals surface area contributed by atoms with Gasteiger partial charge in [-0.1, -0.05) is 12.8 Å². The van der Waals surface area contributed by atoms with E-state index in [1.54, 1.807) is 0 Å². The van der Waals surface area contributed by atoms with Gasteiger partial charge in [0.05, 0.1) is 12.6 Å². The summed E-state index contributed by atoms with van der Waals surface area (Å²) in [5.74, 6) is 0.574. The maximum absolute atomic E-state index is 9.41. The van der Waals surface area contributed by atoms with Crippen molar-refractivity contribution in [1.82, 2.24) is 15.0 Å². The quantitative estimate of drug-likeness (QED) is 0.817. The predicted molar refractivity (Wildman–Crippen MR) is 65.9 cm³/mol. The van der Waals surface area contributed by atoms with Gasteiger partial charge in [-0.25, -0.2) is 0 Å². The normalized spacial score (nSPS) is 21.3. The van der Waals surface area contributed by atoms with Crippen molar-refractivity contribution in [2.45, 2.75) is 31.7 Å². The molecule has 0 saturated carbocycles. The summed E-state index contributed by atoms with van der Waals surface area (Å²) in [5, 5.41) is 9.50. The molecule has 1 fully saturated rings. The van der Waals surface area contributed by atoms with Crippen molar-refractivity contribution in [2.24, 2.45) is 0 Å². The van der Waals surface area contributed by atoms with E-state index in [0.717, 1.165) is 32.2 Å². The summed E-state index contributed by atoms with van der Waals surface area (Å²) >= 11 is 5.77. The molecular formula is C10H16ClN5O. The van der Waals surface area contributed by atoms with Crippen LogP contribution in [0.1, 0.15) is 25.7 Å². The van der Waals surface area contributed by atoms with E-state index in [1.165, 1.54) is 0 Å². The van der Waals surface area contributed by atoms with Crippen LogP contribution in [0.4, 0.5) is 11.9 Å². The summed E-state index contributed by atoms with van der Waals surface area (Å²) in [6, 6.07) is 0.0374. The van der Waals surface area contributed by atoms with Gasteiger partial charge in [0, 0.05) is 6.54 Å². The maximum Gasteiger partial charge on any atom is 0.231 e. The van der Waals surface area contributed by atoms with Crippen LogP contribution in [0.25, 0.3) is 0 Å². The fourth-order valence-electron chi connectivity index (χ4n) is 2.11. The lowest BCUT2D eigenvalue weighted by Gasteiger charge is -2.28. The van der Waals surface area contributed by atoms with Gasteiger partial charge < -0.3 is 15.7 Å². The minimum absolute atomic E-state index is 0.0374. The van der Waals surface area contributed by atoms with Crippen molar-refractivity contribution >= 4 is 23.5 Å². The molecule has 1 aliphatic rings. The molecule has 1 aliphatic heterocycles. The molecule has 0 spiro atoms. The molecule has 0 bridgehead atoms. The van der Waals surface area contributed by atoms with Gasteiger partial charge in [-0.15, -0.1) is 0 Å². The smallest absolute Gasteiger partial charge is 0.231 e. The molecule has 1 aromatic rings. The number of anilines is 2. The molecule has 17 heavy (non-hydrogen) atoms. The molecule has 1 aromatic heterocycles. The molecule has 1 unspecified atom stereocenters. The number of rotatable bonds is 2. The second kappa shape index (κ2) is 5.46. The third kappa shape index (κ3) is 2.95. The van der Waals surface area contributed by atoms with Crippen molar-refractivity contribution < 1.29 is 5.11 Å². The summed E-state index contributed by atoms with van der Waals surface area (Å²) in [6.45, 7) is 0.897. The molecule has 0 aromatic carbocycles. The number of hydrogen-bond donors (Lipinski definition) is 2. The van der Waals surface area contributed by atoms with Gasteiger partial charge in [-0.3, -0.25) is 0 Å². The first kappa shape index (κ1) is 12.3. The lowest BCUT2D eigenvalue weighted by molar-refractivity contribution is 0.254. The zero-order chi connectivity index (χ0) is 12.3. The Morgan fingerprint density at radius 1 is 1.29 bits per heavy atom. The van der Waals surface area contributed by atoms with Crippen LogP contribution < -0.4 is 10.6 Å². The largest absolute Gasteiger partial charge is 0.394 e. The molecule has 3 N–H and O–H groups in total. The minimum atomic E-state index is 0.0374. The summed E-state index contributed by atoms with van der Waals surface area (Å²) in [6.07, 6.45) is 4.25. The predicted octanol–water partition coefficient (Wildman–Crippen LogP) is 0.848. The lowest BCUT2D eigenvalue weighted by atomic mass is 10.1. The van der Waals surface area contributed by atoms with Crippen LogP contribution in [0.15, 0.2) is 0 Å². The van der Waals surface area contributed by atoms with E-state index in [1.807, 2.05) is 4.90 Å². The van der Waals surface area contributed by atoms with Gasteiger partial charge >= 0.3 is 0 Å². The number of nitrogens with two attached hydrogens (primary N) is 1. The molecule has 0 aliphatic carbocycles. The highest BCUT2D eigenvalue weighted by atomic mass is 35.5. The van der Waals surface area contributed by atoms with Crippen LogP contribution in [0, 0.1) is 0 Å². The van der Waals surface area contributed by atoms with Crippen LogP contribution in [-0.2, 0) is 0 Å². The fraction of sp³-hybridized carbons (Fsp3) is 0.700. The Kier molecular flexibility index (Phi) is 3.96. The molecular weight excluding hydrogens is 242 g/mol. The van der Waals surface area contributed by atoms with Crippen LogP contribution in [-0.4, -0.2) is 39.3 Å². The first-order valence-electron chi connectivity index (χ1n) is 5.75. The number of aliphatic hydroxyl groups is 1. The number of hydrogen-bond acceptors (Lipinski definition) is 6. The van der Waals surface area contributed by atoms with E-state index in [4.69, 9.17) is 17.3 Å². The first-order chi connectivity index (χ1) is 8.20. The Balaban J connectivity index is 2.27. The number of nitrogen functional groups attached to an aromatic ring is 1. The number of halogens is 1. The Morgan fingerprint density at radius 3 is 2.82 bits per heavy atom. The zero-order valence-electron chi connectivity index (χ0n) is 9.51. The molecule has 0 amide bonds. The van der Waals surface area contributed by atoms with E-state index in [9.17, 15) is 5.11 Å². The van der Waals surface area contributed by atoms with Crippen molar-refractivity contribution in [3.63, 3.8) is 0 Å². The van der Waals surface area contributed by atoms with Crippen molar-refractivity contribution in [3.05, 3.63) is 5.28 Å². The summed E-state index contributed by atoms with van der Waals surface area (Å²) in [7, 11) is 0. The average molecular weight is 258 g/mol. The monoisotopic (exact) mass is 257 g/mol. The second-order valence-corrected chi connectivity index (χ2v) is 4.48. The van der Waals surface area contributed by atoms with Gasteiger partial charge in [0.2, 0.25) is 17.2 Å². The highest BCUT2D eigenvalue weighted by Gasteiger charge is 2.23. The number of aliphatic hydroxyl groups excluding tert-OH is 1. The first-order valence-corrected chi connectivity index (χ1v) is 6.13. The van der Waals surface area contributed by atoms with Crippen LogP contribution >= 0.6 is 11.6 Å². The zero-order valence-corrected chi connectivity index (χ0v) is 10.3. The highest BCUT2D eigenvalue weighted by Crippen LogP contribution is 2.22. The third-order valence-corrected chi connectivity index (χ3v) is 3.13. The van der Waals surface area contributed by atoms with Crippen LogP contribution in [0.3, 0.4) is 0 Å². The average Bonchev–Trinajstić information content (AvgIpc) is 2.52. The fourth-order valence-corrected chi connectivity index (χ4v) is 2.28. The van der Waals surface area contributed by atoms with E-state index < -0.39 is 0 Å². The number of aromatic nitrogens is 3. The molecule has 2 rings (SSSR count). The molecule has 1 atom stereocenters. The molecule has 1 saturated heterocycles. The second-order valence-electron chi connectivity index (χ2n) is 4.14. The Labute approximate surface area is 105 Å².